The number of ether oxygens (including phenoxy) is 1. The molecule has 0 amide bonds. The van der Waals surface area contributed by atoms with E-state index in [-0.39, 0.29) is 0 Å². The van der Waals surface area contributed by atoms with Crippen LogP contribution in [0.5, 0.6) is 0 Å². The molecule has 1 nitrogen and oxygen atoms in total. The van der Waals surface area contributed by atoms with Crippen molar-refractivity contribution < 1.29 is 4.74 Å². The number of fused-ring (bicyclic) bond motifs is 3. The fraction of sp³-hybridized carbons (Fsp3) is 1.00. The van der Waals surface area contributed by atoms with Crippen molar-refractivity contribution in [1.29, 1.82) is 0 Å². The summed E-state index contributed by atoms with van der Waals surface area (Å²) in [6.07, 6.45) is 10.5. The summed E-state index contributed by atoms with van der Waals surface area (Å²) < 4.78 is 6.10. The molecule has 3 fully saturated rings. The molecule has 6 atom stereocenters. The van der Waals surface area contributed by atoms with E-state index in [0.29, 0.717) is 11.5 Å². The third kappa shape index (κ3) is 2.67. The minimum Gasteiger partial charge on any atom is -0.378 e. The van der Waals surface area contributed by atoms with Gasteiger partial charge in [-0.3, -0.25) is 0 Å². The molecule has 2 unspecified atom stereocenters. The summed E-state index contributed by atoms with van der Waals surface area (Å²) in [5, 5.41) is 0. The van der Waals surface area contributed by atoms with Gasteiger partial charge in [-0.05, 0) is 80.5 Å². The van der Waals surface area contributed by atoms with Crippen molar-refractivity contribution in [2.24, 2.45) is 35.0 Å². The van der Waals surface area contributed by atoms with Crippen LogP contribution in [-0.4, -0.2) is 12.7 Å². The van der Waals surface area contributed by atoms with Crippen LogP contribution in [0.4, 0.5) is 0 Å². The van der Waals surface area contributed by atoms with Crippen LogP contribution in [-0.2, 0) is 4.74 Å². The van der Waals surface area contributed by atoms with Gasteiger partial charge in [-0.15, -0.1) is 0 Å². The van der Waals surface area contributed by atoms with E-state index >= 15 is 0 Å². The zero-order chi connectivity index (χ0) is 14.3. The zero-order valence-corrected chi connectivity index (χ0v) is 14.0. The summed E-state index contributed by atoms with van der Waals surface area (Å²) >= 11 is 0. The standard InChI is InChI=1S/C19H34O/c1-13-5-9-17-11-16-12-20-14(2)6-7-15(16)8-10-18(13)19(17,3)4/h13-18H,5-12H2,1-4H3/t13?,14-,15?,16+,17+,18+/m0/s1. The minimum atomic E-state index is 0.495. The van der Waals surface area contributed by atoms with Crippen molar-refractivity contribution in [2.75, 3.05) is 6.61 Å². The third-order valence-electron chi connectivity index (χ3n) is 7.31. The molecule has 1 saturated heterocycles. The lowest BCUT2D eigenvalue weighted by Gasteiger charge is -2.52. The Kier molecular flexibility index (Phi) is 4.19. The Morgan fingerprint density at radius 3 is 2.40 bits per heavy atom. The maximum absolute atomic E-state index is 6.10. The number of rotatable bonds is 0. The van der Waals surface area contributed by atoms with E-state index in [2.05, 4.69) is 27.7 Å². The maximum Gasteiger partial charge on any atom is 0.0547 e. The molecule has 0 aromatic heterocycles. The highest BCUT2D eigenvalue weighted by Crippen LogP contribution is 2.55. The molecule has 1 heterocycles. The van der Waals surface area contributed by atoms with Gasteiger partial charge >= 0.3 is 0 Å². The summed E-state index contributed by atoms with van der Waals surface area (Å²) in [4.78, 5) is 0. The first kappa shape index (κ1) is 14.9. The monoisotopic (exact) mass is 278 g/mol. The minimum absolute atomic E-state index is 0.495. The maximum atomic E-state index is 6.10. The van der Waals surface area contributed by atoms with E-state index in [0.717, 1.165) is 36.2 Å². The van der Waals surface area contributed by atoms with Crippen LogP contribution in [0, 0.1) is 35.0 Å². The van der Waals surface area contributed by atoms with Crippen molar-refractivity contribution >= 4 is 0 Å². The van der Waals surface area contributed by atoms with Gasteiger partial charge in [-0.2, -0.15) is 0 Å². The van der Waals surface area contributed by atoms with Gasteiger partial charge in [-0.25, -0.2) is 0 Å². The quantitative estimate of drug-likeness (QED) is 0.585. The fourth-order valence-electron chi connectivity index (χ4n) is 5.74. The summed E-state index contributed by atoms with van der Waals surface area (Å²) in [6.45, 7) is 11.0. The first-order chi connectivity index (χ1) is 9.48. The van der Waals surface area contributed by atoms with Crippen molar-refractivity contribution in [2.45, 2.75) is 78.7 Å². The molecular formula is C19H34O. The van der Waals surface area contributed by atoms with Gasteiger partial charge in [0.15, 0.2) is 0 Å². The van der Waals surface area contributed by atoms with Gasteiger partial charge in [-0.1, -0.05) is 27.2 Å². The van der Waals surface area contributed by atoms with E-state index in [1.807, 2.05) is 0 Å². The molecule has 2 bridgehead atoms. The molecule has 0 aromatic carbocycles. The SMILES string of the molecule is CC1CC[C@@H]2C[C@@H]3CO[C@@H](C)CCC3CC[C@H]1C2(C)C. The number of hydrogen-bond donors (Lipinski definition) is 0. The summed E-state index contributed by atoms with van der Waals surface area (Å²) in [6, 6.07) is 0. The predicted octanol–water partition coefficient (Wildman–Crippen LogP) is 5.29. The highest BCUT2D eigenvalue weighted by atomic mass is 16.5. The summed E-state index contributed by atoms with van der Waals surface area (Å²) in [5.74, 6) is 4.64. The van der Waals surface area contributed by atoms with Gasteiger partial charge in [0, 0.05) is 0 Å². The number of hydrogen-bond acceptors (Lipinski definition) is 1. The van der Waals surface area contributed by atoms with Crippen LogP contribution in [0.15, 0.2) is 0 Å². The lowest BCUT2D eigenvalue weighted by molar-refractivity contribution is -0.0378. The molecule has 2 saturated carbocycles. The van der Waals surface area contributed by atoms with Gasteiger partial charge in [0.1, 0.15) is 0 Å². The van der Waals surface area contributed by atoms with E-state index in [1.54, 1.807) is 0 Å². The molecule has 3 rings (SSSR count). The smallest absolute Gasteiger partial charge is 0.0547 e. The van der Waals surface area contributed by atoms with E-state index in [9.17, 15) is 0 Å². The Morgan fingerprint density at radius 1 is 0.850 bits per heavy atom. The topological polar surface area (TPSA) is 9.23 Å². The molecule has 0 aromatic rings. The van der Waals surface area contributed by atoms with Crippen LogP contribution >= 0.6 is 0 Å². The van der Waals surface area contributed by atoms with E-state index < -0.39 is 0 Å². The Bertz CT molecular complexity index is 335. The van der Waals surface area contributed by atoms with Crippen molar-refractivity contribution in [1.82, 2.24) is 0 Å². The largest absolute Gasteiger partial charge is 0.378 e. The van der Waals surface area contributed by atoms with Gasteiger partial charge < -0.3 is 4.74 Å². The van der Waals surface area contributed by atoms with Gasteiger partial charge in [0.2, 0.25) is 0 Å². The normalized spacial score (nSPS) is 48.6. The molecule has 2 aliphatic carbocycles. The Balaban J connectivity index is 1.80. The summed E-state index contributed by atoms with van der Waals surface area (Å²) in [5.41, 5.74) is 0.556. The van der Waals surface area contributed by atoms with E-state index in [4.69, 9.17) is 4.74 Å². The van der Waals surface area contributed by atoms with Crippen molar-refractivity contribution in [3.05, 3.63) is 0 Å². The van der Waals surface area contributed by atoms with Crippen LogP contribution in [0.25, 0.3) is 0 Å². The fourth-order valence-corrected chi connectivity index (χ4v) is 5.74. The molecule has 1 heteroatoms. The molecule has 0 spiro atoms. The Labute approximate surface area is 125 Å². The summed E-state index contributed by atoms with van der Waals surface area (Å²) in [7, 11) is 0. The first-order valence-corrected chi connectivity index (χ1v) is 9.10. The highest BCUT2D eigenvalue weighted by Gasteiger charge is 2.46. The highest BCUT2D eigenvalue weighted by molar-refractivity contribution is 4.96. The first-order valence-electron chi connectivity index (χ1n) is 9.10. The van der Waals surface area contributed by atoms with Gasteiger partial charge in [0.05, 0.1) is 12.7 Å². The molecule has 0 N–H and O–H groups in total. The predicted molar refractivity (Wildman–Crippen MR) is 84.6 cm³/mol. The van der Waals surface area contributed by atoms with Crippen molar-refractivity contribution in [3.8, 4) is 0 Å². The molecule has 0 radical (unpaired) electrons. The van der Waals surface area contributed by atoms with Crippen LogP contribution in [0.3, 0.4) is 0 Å². The zero-order valence-electron chi connectivity index (χ0n) is 14.0. The van der Waals surface area contributed by atoms with Crippen molar-refractivity contribution in [3.63, 3.8) is 0 Å². The lowest BCUT2D eigenvalue weighted by atomic mass is 9.53. The Morgan fingerprint density at radius 2 is 1.60 bits per heavy atom. The van der Waals surface area contributed by atoms with Crippen LogP contribution < -0.4 is 0 Å². The molecule has 1 aliphatic heterocycles. The van der Waals surface area contributed by atoms with Crippen LogP contribution in [0.2, 0.25) is 0 Å². The molecule has 116 valence electrons. The second-order valence-electron chi connectivity index (χ2n) is 8.73. The second kappa shape index (κ2) is 5.63. The Hall–Kier alpha value is -0.0400. The van der Waals surface area contributed by atoms with Crippen LogP contribution in [0.1, 0.15) is 72.6 Å². The molecule has 3 aliphatic rings. The molecule has 20 heavy (non-hydrogen) atoms. The second-order valence-corrected chi connectivity index (χ2v) is 8.73. The van der Waals surface area contributed by atoms with E-state index in [1.165, 1.54) is 44.9 Å². The third-order valence-corrected chi connectivity index (χ3v) is 7.31. The van der Waals surface area contributed by atoms with Gasteiger partial charge in [0.25, 0.3) is 0 Å². The molecular weight excluding hydrogens is 244 g/mol. The lowest BCUT2D eigenvalue weighted by Crippen LogP contribution is -2.44. The average Bonchev–Trinajstić information content (AvgIpc) is 2.55. The average molecular weight is 278 g/mol.